The van der Waals surface area contributed by atoms with Crippen LogP contribution in [0.3, 0.4) is 0 Å². The summed E-state index contributed by atoms with van der Waals surface area (Å²) in [4.78, 5) is 30.3. The van der Waals surface area contributed by atoms with Crippen molar-refractivity contribution in [3.05, 3.63) is 56.2 Å². The number of aromatic amines is 1. The molecule has 8 heteroatoms. The Labute approximate surface area is 136 Å². The molecule has 0 aliphatic carbocycles. The second-order valence-corrected chi connectivity index (χ2v) is 4.77. The van der Waals surface area contributed by atoms with Gasteiger partial charge in [-0.2, -0.15) is 4.98 Å². The number of hydrogen-bond donors (Lipinski definition) is 2. The molecule has 0 aromatic carbocycles. The fourth-order valence-corrected chi connectivity index (χ4v) is 2.06. The van der Waals surface area contributed by atoms with Crippen molar-refractivity contribution < 1.29 is 14.4 Å². The Morgan fingerprint density at radius 2 is 2.29 bits per heavy atom. The number of hydrogen-bond acceptors (Lipinski definition) is 7. The van der Waals surface area contributed by atoms with Crippen LogP contribution in [0.15, 0.2) is 49.0 Å². The highest BCUT2D eigenvalue weighted by Crippen LogP contribution is 2.13. The van der Waals surface area contributed by atoms with E-state index in [4.69, 9.17) is 14.4 Å². The summed E-state index contributed by atoms with van der Waals surface area (Å²) in [5, 5.41) is 11.4. The first-order chi connectivity index (χ1) is 11.6. The number of nitrogens with zero attached hydrogens (tertiary/aromatic N) is 2. The lowest BCUT2D eigenvalue weighted by molar-refractivity contribution is 0.321. The van der Waals surface area contributed by atoms with E-state index in [-0.39, 0.29) is 23.7 Å². The Morgan fingerprint density at radius 1 is 1.50 bits per heavy atom. The third-order valence-electron chi connectivity index (χ3n) is 3.27. The third-order valence-corrected chi connectivity index (χ3v) is 3.27. The normalized spacial score (nSPS) is 12.5. The van der Waals surface area contributed by atoms with Crippen LogP contribution in [-0.2, 0) is 6.42 Å². The van der Waals surface area contributed by atoms with E-state index in [0.717, 1.165) is 5.57 Å². The van der Waals surface area contributed by atoms with Crippen LogP contribution >= 0.6 is 0 Å². The molecule has 8 nitrogen and oxygen atoms in total. The van der Waals surface area contributed by atoms with E-state index < -0.39 is 11.2 Å². The monoisotopic (exact) mass is 331 g/mol. The van der Waals surface area contributed by atoms with Crippen molar-refractivity contribution in [1.29, 1.82) is 0 Å². The van der Waals surface area contributed by atoms with Gasteiger partial charge < -0.3 is 14.4 Å². The largest absolute Gasteiger partial charge is 0.460 e. The molecule has 0 saturated heterocycles. The summed E-state index contributed by atoms with van der Waals surface area (Å²) in [5.74, 6) is 0. The van der Waals surface area contributed by atoms with Gasteiger partial charge >= 0.3 is 5.63 Å². The van der Waals surface area contributed by atoms with Gasteiger partial charge in [-0.25, -0.2) is 4.79 Å². The van der Waals surface area contributed by atoms with Crippen molar-refractivity contribution >= 4 is 17.3 Å². The molecule has 0 amide bonds. The van der Waals surface area contributed by atoms with Gasteiger partial charge in [-0.1, -0.05) is 24.2 Å². The van der Waals surface area contributed by atoms with Crippen molar-refractivity contribution in [3.8, 4) is 6.01 Å². The van der Waals surface area contributed by atoms with Crippen LogP contribution in [0.1, 0.15) is 19.4 Å². The molecule has 0 fully saturated rings. The summed E-state index contributed by atoms with van der Waals surface area (Å²) in [7, 11) is 0. The van der Waals surface area contributed by atoms with Gasteiger partial charge in [-0.3, -0.25) is 9.78 Å². The van der Waals surface area contributed by atoms with E-state index in [2.05, 4.69) is 15.1 Å². The molecule has 0 spiro atoms. The van der Waals surface area contributed by atoms with Gasteiger partial charge in [-0.15, -0.1) is 0 Å². The molecule has 2 aromatic heterocycles. The molecule has 126 valence electrons. The highest BCUT2D eigenvalue weighted by molar-refractivity contribution is 5.75. The zero-order chi connectivity index (χ0) is 17.5. The van der Waals surface area contributed by atoms with Gasteiger partial charge in [0.1, 0.15) is 12.0 Å². The molecular formula is C16H17N3O5. The van der Waals surface area contributed by atoms with Crippen molar-refractivity contribution in [2.75, 3.05) is 6.61 Å². The minimum absolute atomic E-state index is 0.0486. The summed E-state index contributed by atoms with van der Waals surface area (Å²) in [6.07, 6.45) is 6.71. The molecule has 0 saturated carbocycles. The fraction of sp³-hybridized carbons (Fsp3) is 0.250. The molecular weight excluding hydrogens is 314 g/mol. The standard InChI is InChI=1S/C16H17N3O5/c1-3-10(6-5-7-17-22)9-23-16-18-14(21)13-11(4-2)8-12(20)24-15(13)19-16/h3,5-8,22H,4,9H2,1-2H3,(H,18,19,21)/b6-5-,10-3+,17-7+. The Bertz CT molecular complexity index is 921. The lowest BCUT2D eigenvalue weighted by atomic mass is 10.1. The molecule has 2 aromatic rings. The van der Waals surface area contributed by atoms with E-state index in [0.29, 0.717) is 12.0 Å². The summed E-state index contributed by atoms with van der Waals surface area (Å²) < 4.78 is 10.4. The van der Waals surface area contributed by atoms with Gasteiger partial charge in [-0.05, 0) is 30.6 Å². The van der Waals surface area contributed by atoms with E-state index >= 15 is 0 Å². The first kappa shape index (κ1) is 17.2. The number of oxime groups is 1. The number of nitrogens with one attached hydrogen (secondary N) is 1. The van der Waals surface area contributed by atoms with Crippen LogP contribution in [0.25, 0.3) is 11.1 Å². The van der Waals surface area contributed by atoms with Crippen molar-refractivity contribution in [2.45, 2.75) is 20.3 Å². The highest BCUT2D eigenvalue weighted by Gasteiger charge is 2.12. The SMILES string of the molecule is C\C=C(/C=C\C=N\O)COc1nc2oc(=O)cc(CC)c2c(=O)[nH]1. The zero-order valence-electron chi connectivity index (χ0n) is 13.3. The third kappa shape index (κ3) is 3.97. The molecule has 0 aliphatic rings. The van der Waals surface area contributed by atoms with Crippen molar-refractivity contribution in [1.82, 2.24) is 9.97 Å². The lowest BCUT2D eigenvalue weighted by Gasteiger charge is -2.07. The van der Waals surface area contributed by atoms with E-state index in [9.17, 15) is 9.59 Å². The second-order valence-electron chi connectivity index (χ2n) is 4.77. The molecule has 2 N–H and O–H groups in total. The minimum atomic E-state index is -0.566. The number of allylic oxidation sites excluding steroid dienone is 2. The maximum atomic E-state index is 12.2. The quantitative estimate of drug-likeness (QED) is 0.360. The van der Waals surface area contributed by atoms with Crippen LogP contribution in [0.4, 0.5) is 0 Å². The topological polar surface area (TPSA) is 118 Å². The first-order valence-corrected chi connectivity index (χ1v) is 7.28. The smallest absolute Gasteiger partial charge is 0.337 e. The van der Waals surface area contributed by atoms with Gasteiger partial charge in [0.05, 0.1) is 6.21 Å². The highest BCUT2D eigenvalue weighted by atomic mass is 16.5. The van der Waals surface area contributed by atoms with Crippen molar-refractivity contribution in [3.63, 3.8) is 0 Å². The molecule has 0 atom stereocenters. The average molecular weight is 331 g/mol. The van der Waals surface area contributed by atoms with Crippen LogP contribution in [0, 0.1) is 0 Å². The lowest BCUT2D eigenvalue weighted by Crippen LogP contribution is -2.15. The van der Waals surface area contributed by atoms with E-state index in [1.54, 1.807) is 12.2 Å². The summed E-state index contributed by atoms with van der Waals surface area (Å²) in [6, 6.07) is 1.23. The Hall–Kier alpha value is -3.16. The van der Waals surface area contributed by atoms with Gasteiger partial charge in [0.15, 0.2) is 0 Å². The van der Waals surface area contributed by atoms with Crippen LogP contribution in [0.2, 0.25) is 0 Å². The van der Waals surface area contributed by atoms with Crippen LogP contribution in [0.5, 0.6) is 6.01 Å². The summed E-state index contributed by atoms with van der Waals surface area (Å²) in [5.41, 5.74) is 0.288. The fourth-order valence-electron chi connectivity index (χ4n) is 2.06. The Morgan fingerprint density at radius 3 is 2.96 bits per heavy atom. The molecule has 0 bridgehead atoms. The van der Waals surface area contributed by atoms with Crippen LogP contribution < -0.4 is 15.9 Å². The van der Waals surface area contributed by atoms with Gasteiger partial charge in [0.2, 0.25) is 5.71 Å². The zero-order valence-corrected chi connectivity index (χ0v) is 13.3. The molecule has 24 heavy (non-hydrogen) atoms. The predicted molar refractivity (Wildman–Crippen MR) is 88.9 cm³/mol. The molecule has 2 heterocycles. The molecule has 2 rings (SSSR count). The maximum absolute atomic E-state index is 12.2. The second kappa shape index (κ2) is 7.91. The number of ether oxygens (including phenoxy) is 1. The predicted octanol–water partition coefficient (Wildman–Crippen LogP) is 1.78. The van der Waals surface area contributed by atoms with Crippen LogP contribution in [-0.4, -0.2) is 28.0 Å². The minimum Gasteiger partial charge on any atom is -0.460 e. The van der Waals surface area contributed by atoms with Crippen molar-refractivity contribution in [2.24, 2.45) is 5.16 Å². The van der Waals surface area contributed by atoms with Gasteiger partial charge in [0.25, 0.3) is 11.6 Å². The molecule has 0 unspecified atom stereocenters. The first-order valence-electron chi connectivity index (χ1n) is 7.28. The molecule has 0 radical (unpaired) electrons. The number of H-pyrrole nitrogens is 1. The summed E-state index contributed by atoms with van der Waals surface area (Å²) >= 11 is 0. The maximum Gasteiger partial charge on any atom is 0.337 e. The van der Waals surface area contributed by atoms with Gasteiger partial charge in [0, 0.05) is 6.07 Å². The average Bonchev–Trinajstić information content (AvgIpc) is 2.56. The number of aromatic nitrogens is 2. The summed E-state index contributed by atoms with van der Waals surface area (Å²) in [6.45, 7) is 3.76. The number of rotatable bonds is 6. The molecule has 0 aliphatic heterocycles. The van der Waals surface area contributed by atoms with E-state index in [1.165, 1.54) is 18.4 Å². The Balaban J connectivity index is 2.31. The number of fused-ring (bicyclic) bond motifs is 1. The van der Waals surface area contributed by atoms with E-state index in [1.807, 2.05) is 13.8 Å². The Kier molecular flexibility index (Phi) is 5.67. The number of aryl methyl sites for hydroxylation is 1.